The van der Waals surface area contributed by atoms with Crippen LogP contribution in [0, 0.1) is 0 Å². The van der Waals surface area contributed by atoms with Gasteiger partial charge in [0.05, 0.1) is 0 Å². The second-order valence-corrected chi connectivity index (χ2v) is 7.06. The van der Waals surface area contributed by atoms with E-state index in [4.69, 9.17) is 0 Å². The molecule has 0 fully saturated rings. The lowest BCUT2D eigenvalue weighted by atomic mass is 10.1. The summed E-state index contributed by atoms with van der Waals surface area (Å²) >= 11 is 0. The second kappa shape index (κ2) is 9.28. The molecule has 0 bridgehead atoms. The van der Waals surface area contributed by atoms with Gasteiger partial charge in [0.1, 0.15) is 0 Å². The van der Waals surface area contributed by atoms with Crippen molar-refractivity contribution in [3.05, 3.63) is 66.2 Å². The third-order valence-corrected chi connectivity index (χ3v) is 5.42. The Morgan fingerprint density at radius 1 is 0.789 bits per heavy atom. The van der Waals surface area contributed by atoms with Crippen molar-refractivity contribution in [2.45, 2.75) is 19.3 Å². The quantitative estimate of drug-likeness (QED) is 0.513. The Labute approximate surface area is 128 Å². The molecule has 0 aromatic heterocycles. The zero-order valence-electron chi connectivity index (χ0n) is 11.5. The van der Waals surface area contributed by atoms with Crippen LogP contribution in [0.2, 0.25) is 0 Å². The molecular formula is C17H22BrP. The predicted octanol–water partition coefficient (Wildman–Crippen LogP) is 5.02. The summed E-state index contributed by atoms with van der Waals surface area (Å²) in [5, 5.41) is 1.53. The lowest BCUT2D eigenvalue weighted by Crippen LogP contribution is -2.01. The molecule has 2 aromatic carbocycles. The number of hydrogen-bond acceptors (Lipinski definition) is 0. The fourth-order valence-electron chi connectivity index (χ4n) is 2.13. The topological polar surface area (TPSA) is 0 Å². The number of hydrogen-bond donors (Lipinski definition) is 0. The lowest BCUT2D eigenvalue weighted by molar-refractivity contribution is 0.800. The maximum atomic E-state index is 2.40. The van der Waals surface area contributed by atoms with Gasteiger partial charge in [-0.15, -0.1) is 17.0 Å². The van der Waals surface area contributed by atoms with Crippen LogP contribution in [0.15, 0.2) is 60.7 Å². The van der Waals surface area contributed by atoms with Crippen molar-refractivity contribution in [2.75, 3.05) is 12.8 Å². The normalized spacial score (nSPS) is 11.6. The molecule has 0 amide bonds. The van der Waals surface area contributed by atoms with Crippen molar-refractivity contribution >= 4 is 30.2 Å². The van der Waals surface area contributed by atoms with E-state index >= 15 is 0 Å². The molecule has 0 aliphatic rings. The Morgan fingerprint density at radius 2 is 1.37 bits per heavy atom. The fourth-order valence-corrected chi connectivity index (χ4v) is 3.77. The molecule has 102 valence electrons. The Hall–Kier alpha value is -0.650. The van der Waals surface area contributed by atoms with E-state index in [1.807, 2.05) is 0 Å². The second-order valence-electron chi connectivity index (χ2n) is 4.70. The zero-order chi connectivity index (χ0) is 12.6. The molecule has 1 unspecified atom stereocenters. The molecule has 0 heterocycles. The Balaban J connectivity index is 0.00000180. The molecule has 2 aromatic rings. The fraction of sp³-hybridized carbons (Fsp3) is 0.294. The highest BCUT2D eigenvalue weighted by molar-refractivity contribution is 8.93. The van der Waals surface area contributed by atoms with Crippen LogP contribution >= 0.6 is 24.9 Å². The van der Waals surface area contributed by atoms with Crippen molar-refractivity contribution < 1.29 is 0 Å². The van der Waals surface area contributed by atoms with E-state index < -0.39 is 0 Å². The third kappa shape index (κ3) is 5.89. The maximum absolute atomic E-state index is 2.40. The van der Waals surface area contributed by atoms with Crippen LogP contribution in [0.1, 0.15) is 18.4 Å². The molecule has 0 N–H and O–H groups in total. The summed E-state index contributed by atoms with van der Waals surface area (Å²) in [6, 6.07) is 21.7. The average Bonchev–Trinajstić information content (AvgIpc) is 2.45. The Kier molecular flexibility index (Phi) is 8.02. The first-order valence-corrected chi connectivity index (χ1v) is 8.64. The number of halogens is 1. The van der Waals surface area contributed by atoms with Crippen LogP contribution in [0.25, 0.3) is 0 Å². The standard InChI is InChI=1S/C17H21P.BrH/c1-18(17-13-6-3-7-14-17)15-9-8-12-16-10-4-2-5-11-16;/h2-7,10-11,13-14H,8-9,12,15H2,1H3;1H. The van der Waals surface area contributed by atoms with Gasteiger partial charge in [-0.05, 0) is 43.0 Å². The molecule has 0 aliphatic carbocycles. The highest BCUT2D eigenvalue weighted by Crippen LogP contribution is 2.30. The molecule has 19 heavy (non-hydrogen) atoms. The largest absolute Gasteiger partial charge is 0.114 e. The molecule has 0 nitrogen and oxygen atoms in total. The van der Waals surface area contributed by atoms with Gasteiger partial charge in [-0.25, -0.2) is 0 Å². The number of aryl methyl sites for hydroxylation is 1. The monoisotopic (exact) mass is 336 g/mol. The first-order valence-electron chi connectivity index (χ1n) is 6.66. The average molecular weight is 337 g/mol. The predicted molar refractivity (Wildman–Crippen MR) is 93.5 cm³/mol. The first-order chi connectivity index (χ1) is 8.86. The summed E-state index contributed by atoms with van der Waals surface area (Å²) in [4.78, 5) is 0. The van der Waals surface area contributed by atoms with Crippen LogP contribution < -0.4 is 5.30 Å². The number of unbranched alkanes of at least 4 members (excludes halogenated alkanes) is 1. The van der Waals surface area contributed by atoms with Gasteiger partial charge in [0.25, 0.3) is 0 Å². The summed E-state index contributed by atoms with van der Waals surface area (Å²) in [6.45, 7) is 2.40. The molecular weight excluding hydrogens is 315 g/mol. The summed E-state index contributed by atoms with van der Waals surface area (Å²) in [5.41, 5.74) is 1.47. The van der Waals surface area contributed by atoms with Crippen molar-refractivity contribution in [1.82, 2.24) is 0 Å². The summed E-state index contributed by atoms with van der Waals surface area (Å²) in [6.07, 6.45) is 5.22. The van der Waals surface area contributed by atoms with Crippen LogP contribution in [0.3, 0.4) is 0 Å². The van der Waals surface area contributed by atoms with E-state index in [-0.39, 0.29) is 24.9 Å². The van der Waals surface area contributed by atoms with Crippen LogP contribution in [0.4, 0.5) is 0 Å². The zero-order valence-corrected chi connectivity index (χ0v) is 14.1. The van der Waals surface area contributed by atoms with E-state index in [0.717, 1.165) is 0 Å². The van der Waals surface area contributed by atoms with Crippen LogP contribution in [0.5, 0.6) is 0 Å². The summed E-state index contributed by atoms with van der Waals surface area (Å²) in [5.74, 6) is 0. The van der Waals surface area contributed by atoms with Gasteiger partial charge in [-0.1, -0.05) is 68.6 Å². The summed E-state index contributed by atoms with van der Waals surface area (Å²) < 4.78 is 0. The SMILES string of the molecule is Br.CP(CCCCc1ccccc1)c1ccccc1. The van der Waals surface area contributed by atoms with Crippen molar-refractivity contribution in [3.63, 3.8) is 0 Å². The van der Waals surface area contributed by atoms with E-state index in [2.05, 4.69) is 67.3 Å². The minimum Gasteiger partial charge on any atom is -0.114 e. The Morgan fingerprint density at radius 3 is 2.00 bits per heavy atom. The Bertz CT molecular complexity index is 441. The van der Waals surface area contributed by atoms with Gasteiger partial charge in [-0.2, -0.15) is 0 Å². The molecule has 0 saturated heterocycles. The molecule has 2 rings (SSSR count). The van der Waals surface area contributed by atoms with Gasteiger partial charge in [0, 0.05) is 0 Å². The van der Waals surface area contributed by atoms with Gasteiger partial charge in [-0.3, -0.25) is 0 Å². The lowest BCUT2D eigenvalue weighted by Gasteiger charge is -2.12. The van der Waals surface area contributed by atoms with Crippen LogP contribution in [-0.4, -0.2) is 12.8 Å². The van der Waals surface area contributed by atoms with Crippen molar-refractivity contribution in [3.8, 4) is 0 Å². The van der Waals surface area contributed by atoms with E-state index in [9.17, 15) is 0 Å². The van der Waals surface area contributed by atoms with E-state index in [1.54, 1.807) is 0 Å². The molecule has 0 radical (unpaired) electrons. The smallest absolute Gasteiger partial charge is 0.0243 e. The minimum absolute atomic E-state index is 0. The molecule has 2 heteroatoms. The highest BCUT2D eigenvalue weighted by Gasteiger charge is 2.03. The minimum atomic E-state index is 0. The van der Waals surface area contributed by atoms with Gasteiger partial charge < -0.3 is 0 Å². The first kappa shape index (κ1) is 16.4. The molecule has 1 atom stereocenters. The molecule has 0 aliphatic heterocycles. The summed E-state index contributed by atoms with van der Waals surface area (Å²) in [7, 11) is 0.0438. The van der Waals surface area contributed by atoms with Crippen LogP contribution in [-0.2, 0) is 6.42 Å². The maximum Gasteiger partial charge on any atom is -0.0243 e. The van der Waals surface area contributed by atoms with E-state index in [1.165, 1.54) is 36.3 Å². The number of rotatable bonds is 6. The van der Waals surface area contributed by atoms with Crippen molar-refractivity contribution in [1.29, 1.82) is 0 Å². The van der Waals surface area contributed by atoms with E-state index in [0.29, 0.717) is 0 Å². The van der Waals surface area contributed by atoms with Gasteiger partial charge in [0.2, 0.25) is 0 Å². The number of benzene rings is 2. The molecule has 0 spiro atoms. The van der Waals surface area contributed by atoms with Gasteiger partial charge in [0.15, 0.2) is 0 Å². The molecule has 0 saturated carbocycles. The third-order valence-electron chi connectivity index (χ3n) is 3.25. The van der Waals surface area contributed by atoms with Gasteiger partial charge >= 0.3 is 0 Å². The van der Waals surface area contributed by atoms with Crippen molar-refractivity contribution in [2.24, 2.45) is 0 Å². The highest BCUT2D eigenvalue weighted by atomic mass is 79.9.